The molecule has 0 bridgehead atoms. The highest BCUT2D eigenvalue weighted by atomic mass is 19.4. The smallest absolute Gasteiger partial charge is 0.338 e. The van der Waals surface area contributed by atoms with E-state index in [2.05, 4.69) is 25.0 Å². The van der Waals surface area contributed by atoms with Crippen molar-refractivity contribution in [2.75, 3.05) is 26.2 Å². The van der Waals surface area contributed by atoms with Gasteiger partial charge in [0, 0.05) is 37.3 Å². The van der Waals surface area contributed by atoms with Crippen LogP contribution in [0.15, 0.2) is 47.0 Å². The molecule has 0 spiro atoms. The van der Waals surface area contributed by atoms with Crippen LogP contribution in [0.4, 0.5) is 13.2 Å². The predicted molar refractivity (Wildman–Crippen MR) is 125 cm³/mol. The lowest BCUT2D eigenvalue weighted by Crippen LogP contribution is -2.48. The number of halogens is 3. The normalized spacial score (nSPS) is 15.0. The fraction of sp³-hybridized carbons (Fsp3) is 0.320. The van der Waals surface area contributed by atoms with Crippen molar-refractivity contribution < 1.29 is 22.5 Å². The van der Waals surface area contributed by atoms with Gasteiger partial charge in [0.1, 0.15) is 0 Å². The summed E-state index contributed by atoms with van der Waals surface area (Å²) in [5.74, 6) is 0.344. The number of benzene rings is 2. The van der Waals surface area contributed by atoms with Gasteiger partial charge in [-0.1, -0.05) is 17.3 Å². The van der Waals surface area contributed by atoms with Crippen molar-refractivity contribution >= 4 is 16.9 Å². The molecule has 0 aliphatic carbocycles. The molecule has 1 aliphatic rings. The van der Waals surface area contributed by atoms with E-state index in [-0.39, 0.29) is 17.3 Å². The van der Waals surface area contributed by atoms with Gasteiger partial charge in [-0.3, -0.25) is 9.69 Å². The van der Waals surface area contributed by atoms with Crippen LogP contribution in [0.3, 0.4) is 0 Å². The Kier molecular flexibility index (Phi) is 6.17. The number of carbonyl (C=O) groups excluding carboxylic acids is 1. The monoisotopic (exact) mass is 496 g/mol. The van der Waals surface area contributed by atoms with E-state index in [4.69, 9.17) is 4.52 Å². The van der Waals surface area contributed by atoms with Gasteiger partial charge in [-0.05, 0) is 44.2 Å². The van der Waals surface area contributed by atoms with Crippen LogP contribution in [-0.2, 0) is 12.7 Å². The minimum Gasteiger partial charge on any atom is -0.338 e. The average molecular weight is 496 g/mol. The van der Waals surface area contributed by atoms with E-state index in [0.29, 0.717) is 49.7 Å². The summed E-state index contributed by atoms with van der Waals surface area (Å²) >= 11 is 0. The first-order valence-electron chi connectivity index (χ1n) is 11.4. The van der Waals surface area contributed by atoms with Crippen LogP contribution in [0.5, 0.6) is 0 Å². The molecule has 2 aromatic heterocycles. The lowest BCUT2D eigenvalue weighted by Gasteiger charge is -2.34. The molecule has 1 saturated heterocycles. The third kappa shape index (κ3) is 4.92. The SMILES string of the molecule is Cc1nc2ccc(C(=O)N3CCN(Cc4nc(-c5cccc(C(F)(F)F)c5)no4)CC3)cc2nc1C. The molecule has 0 saturated carbocycles. The van der Waals surface area contributed by atoms with Crippen LogP contribution < -0.4 is 0 Å². The summed E-state index contributed by atoms with van der Waals surface area (Å²) in [6.07, 6.45) is -4.45. The fourth-order valence-corrected chi connectivity index (χ4v) is 4.12. The molecule has 2 aromatic carbocycles. The van der Waals surface area contributed by atoms with Gasteiger partial charge in [0.25, 0.3) is 5.91 Å². The second-order valence-corrected chi connectivity index (χ2v) is 8.76. The number of aryl methyl sites for hydroxylation is 2. The molecular formula is C25H23F3N6O2. The third-order valence-corrected chi connectivity index (χ3v) is 6.26. The fourth-order valence-electron chi connectivity index (χ4n) is 4.12. The molecule has 1 amide bonds. The summed E-state index contributed by atoms with van der Waals surface area (Å²) in [6.45, 7) is 6.37. The molecule has 0 radical (unpaired) electrons. The van der Waals surface area contributed by atoms with Gasteiger partial charge in [-0.15, -0.1) is 0 Å². The summed E-state index contributed by atoms with van der Waals surface area (Å²) in [7, 11) is 0. The molecule has 4 aromatic rings. The van der Waals surface area contributed by atoms with E-state index in [9.17, 15) is 18.0 Å². The minimum absolute atomic E-state index is 0.0683. The average Bonchev–Trinajstić information content (AvgIpc) is 3.33. The second-order valence-electron chi connectivity index (χ2n) is 8.76. The summed E-state index contributed by atoms with van der Waals surface area (Å²) in [5, 5.41) is 3.84. The first-order chi connectivity index (χ1) is 17.2. The highest BCUT2D eigenvalue weighted by Gasteiger charge is 2.31. The molecule has 186 valence electrons. The Bertz CT molecular complexity index is 1430. The van der Waals surface area contributed by atoms with Crippen molar-refractivity contribution in [3.8, 4) is 11.4 Å². The van der Waals surface area contributed by atoms with E-state index in [1.807, 2.05) is 19.9 Å². The molecule has 8 nitrogen and oxygen atoms in total. The van der Waals surface area contributed by atoms with E-state index in [0.717, 1.165) is 29.0 Å². The molecule has 36 heavy (non-hydrogen) atoms. The zero-order valence-corrected chi connectivity index (χ0v) is 19.7. The van der Waals surface area contributed by atoms with Crippen LogP contribution in [0.1, 0.15) is 33.2 Å². The van der Waals surface area contributed by atoms with Crippen molar-refractivity contribution in [1.29, 1.82) is 0 Å². The lowest BCUT2D eigenvalue weighted by atomic mass is 10.1. The Morgan fingerprint density at radius 1 is 0.944 bits per heavy atom. The van der Waals surface area contributed by atoms with Crippen molar-refractivity contribution in [2.45, 2.75) is 26.6 Å². The minimum atomic E-state index is -4.45. The maximum atomic E-state index is 13.1. The zero-order chi connectivity index (χ0) is 25.4. The number of piperazine rings is 1. The number of alkyl halides is 3. The Morgan fingerprint density at radius 3 is 2.39 bits per heavy atom. The van der Waals surface area contributed by atoms with Gasteiger partial charge in [0.15, 0.2) is 0 Å². The van der Waals surface area contributed by atoms with Crippen LogP contribution in [-0.4, -0.2) is 62.0 Å². The number of nitrogens with zero attached hydrogens (tertiary/aromatic N) is 6. The van der Waals surface area contributed by atoms with Gasteiger partial charge < -0.3 is 9.42 Å². The summed E-state index contributed by atoms with van der Waals surface area (Å²) in [5.41, 5.74) is 3.17. The number of fused-ring (bicyclic) bond motifs is 1. The molecule has 0 atom stereocenters. The molecule has 0 N–H and O–H groups in total. The molecule has 1 fully saturated rings. The summed E-state index contributed by atoms with van der Waals surface area (Å²) < 4.78 is 44.2. The lowest BCUT2D eigenvalue weighted by molar-refractivity contribution is -0.137. The van der Waals surface area contributed by atoms with Gasteiger partial charge in [-0.25, -0.2) is 9.97 Å². The van der Waals surface area contributed by atoms with Crippen LogP contribution in [0.2, 0.25) is 0 Å². The largest absolute Gasteiger partial charge is 0.416 e. The standard InChI is InChI=1S/C25H23F3N6O2/c1-15-16(2)30-21-13-18(6-7-20(21)29-15)24(35)34-10-8-33(9-11-34)14-22-31-23(32-36-22)17-4-3-5-19(12-17)25(26,27)28/h3-7,12-13H,8-11,14H2,1-2H3. The molecule has 5 rings (SSSR count). The second kappa shape index (κ2) is 9.30. The summed E-state index contributed by atoms with van der Waals surface area (Å²) in [4.78, 5) is 30.2. The first kappa shape index (κ1) is 23.9. The van der Waals surface area contributed by atoms with Crippen LogP contribution in [0.25, 0.3) is 22.4 Å². The number of hydrogen-bond donors (Lipinski definition) is 0. The highest BCUT2D eigenvalue weighted by Crippen LogP contribution is 2.31. The predicted octanol–water partition coefficient (Wildman–Crippen LogP) is 4.27. The van der Waals surface area contributed by atoms with E-state index < -0.39 is 11.7 Å². The van der Waals surface area contributed by atoms with E-state index >= 15 is 0 Å². The number of hydrogen-bond acceptors (Lipinski definition) is 7. The van der Waals surface area contributed by atoms with Crippen molar-refractivity contribution in [3.05, 3.63) is 70.9 Å². The van der Waals surface area contributed by atoms with E-state index in [1.54, 1.807) is 17.0 Å². The molecule has 3 heterocycles. The Labute approximate surface area is 204 Å². The Hall–Kier alpha value is -3.86. The zero-order valence-electron chi connectivity index (χ0n) is 19.7. The molecular weight excluding hydrogens is 473 g/mol. The quantitative estimate of drug-likeness (QED) is 0.417. The highest BCUT2D eigenvalue weighted by molar-refractivity contribution is 5.97. The topological polar surface area (TPSA) is 88.3 Å². The summed E-state index contributed by atoms with van der Waals surface area (Å²) in [6, 6.07) is 10.2. The number of amides is 1. The van der Waals surface area contributed by atoms with Gasteiger partial charge in [0.2, 0.25) is 11.7 Å². The number of aromatic nitrogens is 4. The van der Waals surface area contributed by atoms with Crippen molar-refractivity contribution in [1.82, 2.24) is 29.9 Å². The van der Waals surface area contributed by atoms with E-state index in [1.165, 1.54) is 12.1 Å². The van der Waals surface area contributed by atoms with Crippen molar-refractivity contribution in [2.24, 2.45) is 0 Å². The number of rotatable bonds is 4. The third-order valence-electron chi connectivity index (χ3n) is 6.26. The molecule has 1 aliphatic heterocycles. The Balaban J connectivity index is 1.21. The maximum absolute atomic E-state index is 13.1. The number of carbonyl (C=O) groups is 1. The van der Waals surface area contributed by atoms with Gasteiger partial charge in [-0.2, -0.15) is 18.2 Å². The van der Waals surface area contributed by atoms with Crippen molar-refractivity contribution in [3.63, 3.8) is 0 Å². The maximum Gasteiger partial charge on any atom is 0.416 e. The van der Waals surface area contributed by atoms with Gasteiger partial charge >= 0.3 is 6.18 Å². The first-order valence-corrected chi connectivity index (χ1v) is 11.4. The van der Waals surface area contributed by atoms with Gasteiger partial charge in [0.05, 0.1) is 34.5 Å². The van der Waals surface area contributed by atoms with Crippen LogP contribution >= 0.6 is 0 Å². The Morgan fingerprint density at radius 2 is 1.67 bits per heavy atom. The molecule has 0 unspecified atom stereocenters. The van der Waals surface area contributed by atoms with Crippen LogP contribution in [0, 0.1) is 13.8 Å². The molecule has 11 heteroatoms.